The molecule has 1 aliphatic rings. The number of methoxy groups -OCH3 is 1. The van der Waals surface area contributed by atoms with Crippen LogP contribution in [-0.2, 0) is 6.54 Å². The number of likely N-dealkylation sites (N-methyl/N-ethyl adjacent to an activating group) is 1. The van der Waals surface area contributed by atoms with E-state index in [2.05, 4.69) is 22.4 Å². The van der Waals surface area contributed by atoms with E-state index in [0.717, 1.165) is 31.2 Å². The Balaban J connectivity index is 1.85. The zero-order valence-electron chi connectivity index (χ0n) is 12.7. The first-order valence-electron chi connectivity index (χ1n) is 7.21. The molecule has 1 aliphatic carbocycles. The summed E-state index contributed by atoms with van der Waals surface area (Å²) >= 11 is 0. The molecule has 0 aliphatic heterocycles. The molecule has 0 bridgehead atoms. The van der Waals surface area contributed by atoms with Crippen molar-refractivity contribution < 1.29 is 9.94 Å². The van der Waals surface area contributed by atoms with E-state index >= 15 is 0 Å². The lowest BCUT2D eigenvalue weighted by Gasteiger charge is -2.16. The van der Waals surface area contributed by atoms with Crippen LogP contribution in [0.25, 0.3) is 0 Å². The fourth-order valence-corrected chi connectivity index (χ4v) is 2.30. The number of amidine groups is 1. The number of rotatable bonds is 8. The molecule has 1 saturated carbocycles. The van der Waals surface area contributed by atoms with Crippen LogP contribution in [0.3, 0.4) is 0 Å². The summed E-state index contributed by atoms with van der Waals surface area (Å²) in [5.41, 5.74) is 7.31. The van der Waals surface area contributed by atoms with Crippen molar-refractivity contribution in [2.45, 2.75) is 25.4 Å². The predicted molar refractivity (Wildman–Crippen MR) is 82.9 cm³/mol. The van der Waals surface area contributed by atoms with Gasteiger partial charge in [-0.25, -0.2) is 0 Å². The number of oxime groups is 1. The summed E-state index contributed by atoms with van der Waals surface area (Å²) in [6.07, 6.45) is 2.67. The van der Waals surface area contributed by atoms with Crippen molar-refractivity contribution >= 4 is 5.84 Å². The van der Waals surface area contributed by atoms with E-state index in [0.29, 0.717) is 11.3 Å². The second-order valence-corrected chi connectivity index (χ2v) is 5.41. The minimum absolute atomic E-state index is 0.0532. The van der Waals surface area contributed by atoms with Crippen molar-refractivity contribution in [2.75, 3.05) is 27.2 Å². The van der Waals surface area contributed by atoms with Crippen LogP contribution < -0.4 is 15.8 Å². The first kappa shape index (κ1) is 15.6. The lowest BCUT2D eigenvalue weighted by molar-refractivity contribution is 0.318. The molecule has 0 radical (unpaired) electrons. The van der Waals surface area contributed by atoms with Gasteiger partial charge in [0, 0.05) is 25.7 Å². The highest BCUT2D eigenvalue weighted by molar-refractivity contribution is 5.99. The molecule has 0 heterocycles. The number of nitrogens with one attached hydrogen (secondary N) is 1. The van der Waals surface area contributed by atoms with Gasteiger partial charge in [-0.3, -0.25) is 0 Å². The molecule has 21 heavy (non-hydrogen) atoms. The van der Waals surface area contributed by atoms with Crippen LogP contribution in [-0.4, -0.2) is 49.2 Å². The molecule has 1 aromatic rings. The van der Waals surface area contributed by atoms with Gasteiger partial charge in [0.15, 0.2) is 5.84 Å². The van der Waals surface area contributed by atoms with Gasteiger partial charge in [-0.2, -0.15) is 0 Å². The summed E-state index contributed by atoms with van der Waals surface area (Å²) in [6, 6.07) is 6.46. The van der Waals surface area contributed by atoms with Gasteiger partial charge in [0.2, 0.25) is 0 Å². The van der Waals surface area contributed by atoms with Crippen molar-refractivity contribution in [3.63, 3.8) is 0 Å². The quantitative estimate of drug-likeness (QED) is 0.219. The van der Waals surface area contributed by atoms with Crippen LogP contribution in [0.15, 0.2) is 23.4 Å². The fourth-order valence-electron chi connectivity index (χ4n) is 2.30. The highest BCUT2D eigenvalue weighted by Crippen LogP contribution is 2.24. The third-order valence-electron chi connectivity index (χ3n) is 3.79. The Labute approximate surface area is 125 Å². The molecule has 0 saturated heterocycles. The molecule has 116 valence electrons. The minimum Gasteiger partial charge on any atom is -0.496 e. The molecule has 1 aromatic carbocycles. The molecule has 0 spiro atoms. The van der Waals surface area contributed by atoms with E-state index in [1.54, 1.807) is 13.2 Å². The molecule has 2 rings (SSSR count). The van der Waals surface area contributed by atoms with Crippen LogP contribution in [0.4, 0.5) is 0 Å². The number of nitrogens with two attached hydrogens (primary N) is 1. The number of ether oxygens (including phenoxy) is 1. The number of benzene rings is 1. The first-order chi connectivity index (χ1) is 10.2. The van der Waals surface area contributed by atoms with Crippen LogP contribution in [0.2, 0.25) is 0 Å². The third-order valence-corrected chi connectivity index (χ3v) is 3.79. The maximum Gasteiger partial charge on any atom is 0.173 e. The maximum absolute atomic E-state index is 8.74. The Morgan fingerprint density at radius 3 is 2.90 bits per heavy atom. The highest BCUT2D eigenvalue weighted by atomic mass is 16.5. The average molecular weight is 292 g/mol. The van der Waals surface area contributed by atoms with Crippen LogP contribution in [0, 0.1) is 0 Å². The van der Waals surface area contributed by atoms with Crippen molar-refractivity contribution in [1.29, 1.82) is 0 Å². The van der Waals surface area contributed by atoms with Crippen molar-refractivity contribution in [2.24, 2.45) is 10.9 Å². The summed E-state index contributed by atoms with van der Waals surface area (Å²) in [7, 11) is 3.75. The van der Waals surface area contributed by atoms with Gasteiger partial charge in [-0.15, -0.1) is 0 Å². The maximum atomic E-state index is 8.74. The summed E-state index contributed by atoms with van der Waals surface area (Å²) in [5, 5.41) is 15.2. The molecule has 6 heteroatoms. The zero-order valence-corrected chi connectivity index (χ0v) is 12.7. The Hall–Kier alpha value is -1.79. The molecule has 6 nitrogen and oxygen atoms in total. The largest absolute Gasteiger partial charge is 0.496 e. The van der Waals surface area contributed by atoms with Gasteiger partial charge in [0.1, 0.15) is 5.75 Å². The van der Waals surface area contributed by atoms with E-state index in [1.807, 2.05) is 12.1 Å². The van der Waals surface area contributed by atoms with Gasteiger partial charge in [-0.05, 0) is 37.6 Å². The Kier molecular flexibility index (Phi) is 5.41. The number of nitrogens with zero attached hydrogens (tertiary/aromatic N) is 2. The van der Waals surface area contributed by atoms with Gasteiger partial charge in [0.05, 0.1) is 12.7 Å². The lowest BCUT2D eigenvalue weighted by Crippen LogP contribution is -2.30. The van der Waals surface area contributed by atoms with Gasteiger partial charge < -0.3 is 25.9 Å². The fraction of sp³-hybridized carbons (Fsp3) is 0.533. The van der Waals surface area contributed by atoms with E-state index < -0.39 is 0 Å². The lowest BCUT2D eigenvalue weighted by atomic mass is 10.1. The van der Waals surface area contributed by atoms with Crippen molar-refractivity contribution in [3.8, 4) is 5.75 Å². The highest BCUT2D eigenvalue weighted by Gasteiger charge is 2.25. The standard InChI is InChI=1S/C15H24N4O2/c1-19(12-4-5-12)8-7-17-10-11-3-6-13(15(16)18-20)14(9-11)21-2/h3,6,9,12,17,20H,4-5,7-8,10H2,1-2H3,(H2,16,18). The number of hydrogen-bond donors (Lipinski definition) is 3. The van der Waals surface area contributed by atoms with Crippen molar-refractivity contribution in [1.82, 2.24) is 10.2 Å². The van der Waals surface area contributed by atoms with E-state index in [1.165, 1.54) is 12.8 Å². The SMILES string of the molecule is COc1cc(CNCCN(C)C2CC2)ccc1/C(N)=N/O. The molecule has 0 amide bonds. The molecule has 0 atom stereocenters. The monoisotopic (exact) mass is 292 g/mol. The van der Waals surface area contributed by atoms with Crippen LogP contribution in [0.5, 0.6) is 5.75 Å². The number of hydrogen-bond acceptors (Lipinski definition) is 5. The van der Waals surface area contributed by atoms with E-state index in [9.17, 15) is 0 Å². The summed E-state index contributed by atoms with van der Waals surface area (Å²) < 4.78 is 5.29. The third kappa shape index (κ3) is 4.34. The molecule has 4 N–H and O–H groups in total. The first-order valence-corrected chi connectivity index (χ1v) is 7.21. The van der Waals surface area contributed by atoms with Gasteiger partial charge in [0.25, 0.3) is 0 Å². The normalized spacial score (nSPS) is 15.5. The smallest absolute Gasteiger partial charge is 0.173 e. The molecule has 0 unspecified atom stereocenters. The summed E-state index contributed by atoms with van der Waals surface area (Å²) in [6.45, 7) is 2.78. The molecular weight excluding hydrogens is 268 g/mol. The van der Waals surface area contributed by atoms with Crippen LogP contribution >= 0.6 is 0 Å². The Morgan fingerprint density at radius 2 is 2.29 bits per heavy atom. The second kappa shape index (κ2) is 7.28. The predicted octanol–water partition coefficient (Wildman–Crippen LogP) is 0.974. The Morgan fingerprint density at radius 1 is 1.52 bits per heavy atom. The van der Waals surface area contributed by atoms with E-state index in [-0.39, 0.29) is 5.84 Å². The second-order valence-electron chi connectivity index (χ2n) is 5.41. The summed E-state index contributed by atoms with van der Waals surface area (Å²) in [5.74, 6) is 0.664. The average Bonchev–Trinajstić information content (AvgIpc) is 3.35. The van der Waals surface area contributed by atoms with Gasteiger partial charge >= 0.3 is 0 Å². The van der Waals surface area contributed by atoms with Gasteiger partial charge in [-0.1, -0.05) is 11.2 Å². The Bertz CT molecular complexity index is 500. The minimum atomic E-state index is 0.0532. The van der Waals surface area contributed by atoms with E-state index in [4.69, 9.17) is 15.7 Å². The zero-order chi connectivity index (χ0) is 15.2. The molecule has 0 aromatic heterocycles. The molecular formula is C15H24N4O2. The van der Waals surface area contributed by atoms with Crippen LogP contribution in [0.1, 0.15) is 24.0 Å². The summed E-state index contributed by atoms with van der Waals surface area (Å²) in [4.78, 5) is 2.40. The molecule has 1 fully saturated rings. The topological polar surface area (TPSA) is 83.1 Å². The van der Waals surface area contributed by atoms with Crippen molar-refractivity contribution in [3.05, 3.63) is 29.3 Å².